The molecule has 0 saturated heterocycles. The molecule has 2 amide bonds. The minimum Gasteiger partial charge on any atom is -0.465 e. The minimum absolute atomic E-state index is 0.00124. The Bertz CT molecular complexity index is 431. The Morgan fingerprint density at radius 3 is 2.29 bits per heavy atom. The maximum atomic E-state index is 12.5. The molecule has 0 aliphatic heterocycles. The highest BCUT2D eigenvalue weighted by molar-refractivity contribution is 5.90. The van der Waals surface area contributed by atoms with Crippen molar-refractivity contribution in [2.75, 3.05) is 13.2 Å². The van der Waals surface area contributed by atoms with Gasteiger partial charge in [-0.2, -0.15) is 0 Å². The smallest absolute Gasteiger partial charge is 0.325 e. The molecule has 1 aliphatic rings. The number of nitrogens with one attached hydrogen (secondary N) is 2. The zero-order valence-corrected chi connectivity index (χ0v) is 15.4. The van der Waals surface area contributed by atoms with E-state index in [4.69, 9.17) is 4.74 Å². The first-order valence-electron chi connectivity index (χ1n) is 9.12. The van der Waals surface area contributed by atoms with E-state index in [1.165, 1.54) is 0 Å². The molecule has 2 N–H and O–H groups in total. The van der Waals surface area contributed by atoms with E-state index < -0.39 is 12.0 Å². The van der Waals surface area contributed by atoms with Gasteiger partial charge in [-0.05, 0) is 44.4 Å². The second-order valence-electron chi connectivity index (χ2n) is 6.85. The van der Waals surface area contributed by atoms with E-state index in [1.807, 2.05) is 13.8 Å². The fourth-order valence-corrected chi connectivity index (χ4v) is 2.98. The lowest BCUT2D eigenvalue weighted by atomic mass is 9.82. The average molecular weight is 340 g/mol. The molecule has 0 bridgehead atoms. The van der Waals surface area contributed by atoms with Gasteiger partial charge in [0.25, 0.3) is 0 Å². The van der Waals surface area contributed by atoms with Gasteiger partial charge in [0.15, 0.2) is 0 Å². The second-order valence-corrected chi connectivity index (χ2v) is 6.85. The lowest BCUT2D eigenvalue weighted by molar-refractivity contribution is -0.143. The lowest BCUT2D eigenvalue weighted by Crippen LogP contribution is -2.52. The van der Waals surface area contributed by atoms with Gasteiger partial charge in [0.2, 0.25) is 11.8 Å². The lowest BCUT2D eigenvalue weighted by Gasteiger charge is -2.29. The summed E-state index contributed by atoms with van der Waals surface area (Å²) in [7, 11) is 0. The van der Waals surface area contributed by atoms with Gasteiger partial charge in [-0.15, -0.1) is 0 Å². The number of rotatable bonds is 8. The number of esters is 1. The van der Waals surface area contributed by atoms with Crippen LogP contribution in [-0.2, 0) is 19.1 Å². The molecule has 2 atom stereocenters. The van der Waals surface area contributed by atoms with Gasteiger partial charge in [0.05, 0.1) is 6.61 Å². The van der Waals surface area contributed by atoms with E-state index in [0.717, 1.165) is 32.1 Å². The molecular formula is C18H32N2O4. The van der Waals surface area contributed by atoms with E-state index in [1.54, 1.807) is 6.92 Å². The summed E-state index contributed by atoms with van der Waals surface area (Å²) >= 11 is 0. The third-order valence-electron chi connectivity index (χ3n) is 4.89. The molecule has 0 heterocycles. The van der Waals surface area contributed by atoms with Crippen LogP contribution in [0.25, 0.3) is 0 Å². The van der Waals surface area contributed by atoms with Crippen molar-refractivity contribution in [2.24, 2.45) is 17.8 Å². The van der Waals surface area contributed by atoms with E-state index in [-0.39, 0.29) is 36.8 Å². The Morgan fingerprint density at radius 2 is 1.75 bits per heavy atom. The zero-order valence-electron chi connectivity index (χ0n) is 15.4. The fraction of sp³-hybridized carbons (Fsp3) is 0.833. The second kappa shape index (κ2) is 10.3. The molecule has 1 saturated carbocycles. The van der Waals surface area contributed by atoms with Crippen LogP contribution in [0.3, 0.4) is 0 Å². The van der Waals surface area contributed by atoms with Crippen molar-refractivity contribution < 1.29 is 19.1 Å². The fourth-order valence-electron chi connectivity index (χ4n) is 2.98. The van der Waals surface area contributed by atoms with Gasteiger partial charge in [-0.3, -0.25) is 14.4 Å². The van der Waals surface area contributed by atoms with Gasteiger partial charge in [-0.25, -0.2) is 0 Å². The summed E-state index contributed by atoms with van der Waals surface area (Å²) in [4.78, 5) is 36.3. The highest BCUT2D eigenvalue weighted by atomic mass is 16.5. The Labute approximate surface area is 145 Å². The van der Waals surface area contributed by atoms with E-state index in [2.05, 4.69) is 17.6 Å². The molecule has 0 aromatic rings. The van der Waals surface area contributed by atoms with Gasteiger partial charge in [0, 0.05) is 5.92 Å². The molecule has 1 fully saturated rings. The Hall–Kier alpha value is -1.59. The topological polar surface area (TPSA) is 84.5 Å². The number of amides is 2. The standard InChI is InChI=1S/C18H32N2O4/c1-5-13(4)16(18(23)19-11-15(21)24-6-2)20-17(22)14-9-7-12(3)8-10-14/h12-14,16H,5-11H2,1-4H3,(H,19,23)(H,20,22)/t12?,13-,14?,16+/m1/s1. The molecule has 0 spiro atoms. The molecule has 0 aromatic carbocycles. The average Bonchev–Trinajstić information content (AvgIpc) is 2.57. The minimum atomic E-state index is -0.615. The van der Waals surface area contributed by atoms with E-state index >= 15 is 0 Å². The largest absolute Gasteiger partial charge is 0.465 e. The molecule has 1 rings (SSSR count). The first-order valence-corrected chi connectivity index (χ1v) is 9.12. The zero-order chi connectivity index (χ0) is 18.1. The summed E-state index contributed by atoms with van der Waals surface area (Å²) in [5.41, 5.74) is 0. The summed E-state index contributed by atoms with van der Waals surface area (Å²) in [6, 6.07) is -0.615. The number of carbonyl (C=O) groups excluding carboxylic acids is 3. The van der Waals surface area contributed by atoms with Crippen LogP contribution in [0.4, 0.5) is 0 Å². The molecule has 6 heteroatoms. The Morgan fingerprint density at radius 1 is 1.12 bits per heavy atom. The summed E-state index contributed by atoms with van der Waals surface area (Å²) in [6.07, 6.45) is 4.64. The summed E-state index contributed by atoms with van der Waals surface area (Å²) in [5.74, 6) is -0.175. The summed E-state index contributed by atoms with van der Waals surface area (Å²) < 4.78 is 4.80. The van der Waals surface area contributed by atoms with Crippen molar-refractivity contribution in [3.8, 4) is 0 Å². The maximum absolute atomic E-state index is 12.5. The predicted octanol–water partition coefficient (Wildman–Crippen LogP) is 2.02. The Kier molecular flexibility index (Phi) is 8.79. The highest BCUT2D eigenvalue weighted by Gasteiger charge is 2.30. The molecule has 24 heavy (non-hydrogen) atoms. The van der Waals surface area contributed by atoms with Crippen LogP contribution >= 0.6 is 0 Å². The normalized spacial score (nSPS) is 23.0. The van der Waals surface area contributed by atoms with Gasteiger partial charge < -0.3 is 15.4 Å². The van der Waals surface area contributed by atoms with Crippen molar-refractivity contribution >= 4 is 17.8 Å². The van der Waals surface area contributed by atoms with E-state index in [0.29, 0.717) is 5.92 Å². The quantitative estimate of drug-likeness (QED) is 0.662. The first-order chi connectivity index (χ1) is 11.4. The molecule has 6 nitrogen and oxygen atoms in total. The number of hydrogen-bond acceptors (Lipinski definition) is 4. The molecule has 0 unspecified atom stereocenters. The van der Waals surface area contributed by atoms with Crippen LogP contribution in [0.15, 0.2) is 0 Å². The van der Waals surface area contributed by atoms with Crippen molar-refractivity contribution in [1.29, 1.82) is 0 Å². The highest BCUT2D eigenvalue weighted by Crippen LogP contribution is 2.28. The van der Waals surface area contributed by atoms with Crippen LogP contribution in [0.1, 0.15) is 59.8 Å². The third-order valence-corrected chi connectivity index (χ3v) is 4.89. The maximum Gasteiger partial charge on any atom is 0.325 e. The molecular weight excluding hydrogens is 308 g/mol. The van der Waals surface area contributed by atoms with Crippen LogP contribution < -0.4 is 10.6 Å². The monoisotopic (exact) mass is 340 g/mol. The number of ether oxygens (including phenoxy) is 1. The third kappa shape index (κ3) is 6.49. The van der Waals surface area contributed by atoms with E-state index in [9.17, 15) is 14.4 Å². The predicted molar refractivity (Wildman–Crippen MR) is 92.2 cm³/mol. The van der Waals surface area contributed by atoms with Crippen LogP contribution in [-0.4, -0.2) is 37.0 Å². The molecule has 0 radical (unpaired) electrons. The first kappa shape index (κ1) is 20.5. The van der Waals surface area contributed by atoms with Crippen molar-refractivity contribution in [3.05, 3.63) is 0 Å². The SMILES string of the molecule is CCOC(=O)CNC(=O)[C@@H](NC(=O)C1CCC(C)CC1)[C@H](C)CC. The van der Waals surface area contributed by atoms with Crippen LogP contribution in [0.5, 0.6) is 0 Å². The molecule has 1 aliphatic carbocycles. The van der Waals surface area contributed by atoms with Crippen LogP contribution in [0, 0.1) is 17.8 Å². The Balaban J connectivity index is 2.59. The van der Waals surface area contributed by atoms with Crippen LogP contribution in [0.2, 0.25) is 0 Å². The van der Waals surface area contributed by atoms with Crippen molar-refractivity contribution in [3.63, 3.8) is 0 Å². The van der Waals surface area contributed by atoms with Crippen molar-refractivity contribution in [1.82, 2.24) is 10.6 Å². The number of carbonyl (C=O) groups is 3. The van der Waals surface area contributed by atoms with Crippen molar-refractivity contribution in [2.45, 2.75) is 65.8 Å². The van der Waals surface area contributed by atoms with Gasteiger partial charge in [0.1, 0.15) is 12.6 Å². The summed E-state index contributed by atoms with van der Waals surface area (Å²) in [5, 5.41) is 5.47. The number of hydrogen-bond donors (Lipinski definition) is 2. The molecule has 0 aromatic heterocycles. The molecule has 138 valence electrons. The van der Waals surface area contributed by atoms with Gasteiger partial charge in [-0.1, -0.05) is 27.2 Å². The van der Waals surface area contributed by atoms with Gasteiger partial charge >= 0.3 is 5.97 Å². The summed E-state index contributed by atoms with van der Waals surface area (Å²) in [6.45, 7) is 7.94.